The summed E-state index contributed by atoms with van der Waals surface area (Å²) >= 11 is 0. The lowest BCUT2D eigenvalue weighted by atomic mass is 9.84. The number of hydrogen-bond acceptors (Lipinski definition) is 4. The molecule has 5 heteroatoms. The normalized spacial score (nSPS) is 23.2. The van der Waals surface area contributed by atoms with E-state index in [0.29, 0.717) is 24.8 Å². The van der Waals surface area contributed by atoms with Gasteiger partial charge in [0.25, 0.3) is 0 Å². The Morgan fingerprint density at radius 2 is 1.84 bits per heavy atom. The fourth-order valence-electron chi connectivity index (χ4n) is 4.56. The number of nitrogens with one attached hydrogen (secondary N) is 1. The van der Waals surface area contributed by atoms with Crippen LogP contribution in [0.2, 0.25) is 0 Å². The highest BCUT2D eigenvalue weighted by Gasteiger charge is 2.38. The quantitative estimate of drug-likeness (QED) is 0.741. The Bertz CT molecular complexity index is 455. The molecule has 3 N–H and O–H groups in total. The molecular weight excluding hydrogens is 312 g/mol. The van der Waals surface area contributed by atoms with Gasteiger partial charge in [0, 0.05) is 19.1 Å². The molecule has 0 radical (unpaired) electrons. The number of likely N-dealkylation sites (tertiary alicyclic amines) is 1. The Morgan fingerprint density at radius 1 is 1.24 bits per heavy atom. The third-order valence-corrected chi connectivity index (χ3v) is 6.34. The first-order valence-electron chi connectivity index (χ1n) is 10.3. The summed E-state index contributed by atoms with van der Waals surface area (Å²) in [4.78, 5) is 15.0. The highest BCUT2D eigenvalue weighted by Crippen LogP contribution is 2.28. The van der Waals surface area contributed by atoms with Gasteiger partial charge < -0.3 is 16.0 Å². The predicted octanol–water partition coefficient (Wildman–Crippen LogP) is 2.95. The molecule has 1 aliphatic carbocycles. The van der Waals surface area contributed by atoms with Crippen LogP contribution in [0.4, 0.5) is 0 Å². The summed E-state index contributed by atoms with van der Waals surface area (Å²) in [5.74, 6) is 0.437. The second-order valence-corrected chi connectivity index (χ2v) is 8.04. The Labute approximate surface area is 153 Å². The summed E-state index contributed by atoms with van der Waals surface area (Å²) in [5, 5.41) is 12.7. The van der Waals surface area contributed by atoms with E-state index in [1.54, 1.807) is 0 Å². The van der Waals surface area contributed by atoms with E-state index in [9.17, 15) is 10.1 Å². The number of piperidine rings is 1. The smallest absolute Gasteiger partial charge is 0.238 e. The molecule has 1 atom stereocenters. The maximum atomic E-state index is 12.6. The fourth-order valence-corrected chi connectivity index (χ4v) is 4.56. The summed E-state index contributed by atoms with van der Waals surface area (Å²) in [6.07, 6.45) is 10.6. The van der Waals surface area contributed by atoms with E-state index in [2.05, 4.69) is 30.1 Å². The van der Waals surface area contributed by atoms with Crippen molar-refractivity contribution in [3.63, 3.8) is 0 Å². The standard InChI is InChI=1S/C20H36N4O/c1-3-17(4-2)24-12-10-20(15-21,11-13-24)23-19(25)18(22)14-16-8-6-5-7-9-16/h16-18H,3-14,22H2,1-2H3,(H,23,25). The van der Waals surface area contributed by atoms with Crippen molar-refractivity contribution >= 4 is 5.91 Å². The van der Waals surface area contributed by atoms with E-state index in [1.807, 2.05) is 0 Å². The minimum absolute atomic E-state index is 0.136. The largest absolute Gasteiger partial charge is 0.336 e. The average Bonchev–Trinajstić information content (AvgIpc) is 2.65. The van der Waals surface area contributed by atoms with Gasteiger partial charge in [-0.05, 0) is 38.0 Å². The highest BCUT2D eigenvalue weighted by atomic mass is 16.2. The van der Waals surface area contributed by atoms with E-state index >= 15 is 0 Å². The molecule has 1 amide bonds. The first-order chi connectivity index (χ1) is 12.0. The van der Waals surface area contributed by atoms with Crippen molar-refractivity contribution in [3.05, 3.63) is 0 Å². The van der Waals surface area contributed by atoms with Gasteiger partial charge in [-0.15, -0.1) is 0 Å². The number of nitrogens with two attached hydrogens (primary N) is 1. The third-order valence-electron chi connectivity index (χ3n) is 6.34. The number of carbonyl (C=O) groups excluding carboxylic acids is 1. The zero-order valence-electron chi connectivity index (χ0n) is 16.1. The lowest BCUT2D eigenvalue weighted by molar-refractivity contribution is -0.124. The van der Waals surface area contributed by atoms with Crippen LogP contribution in [0.5, 0.6) is 0 Å². The molecule has 2 rings (SSSR count). The van der Waals surface area contributed by atoms with E-state index < -0.39 is 11.6 Å². The molecule has 142 valence electrons. The molecule has 2 aliphatic rings. The van der Waals surface area contributed by atoms with Crippen molar-refractivity contribution in [2.75, 3.05) is 13.1 Å². The van der Waals surface area contributed by atoms with E-state index in [1.165, 1.54) is 32.1 Å². The number of carbonyl (C=O) groups is 1. The molecule has 1 saturated carbocycles. The van der Waals surface area contributed by atoms with Gasteiger partial charge in [-0.1, -0.05) is 46.0 Å². The Hall–Kier alpha value is -1.12. The Kier molecular flexibility index (Phi) is 7.71. The Balaban J connectivity index is 1.86. The van der Waals surface area contributed by atoms with Gasteiger partial charge in [0.2, 0.25) is 5.91 Å². The van der Waals surface area contributed by atoms with Crippen LogP contribution >= 0.6 is 0 Å². The van der Waals surface area contributed by atoms with Gasteiger partial charge in [0.05, 0.1) is 12.1 Å². The topological polar surface area (TPSA) is 82.2 Å². The van der Waals surface area contributed by atoms with Crippen LogP contribution in [0.25, 0.3) is 0 Å². The third kappa shape index (κ3) is 5.43. The molecule has 1 aliphatic heterocycles. The highest BCUT2D eigenvalue weighted by molar-refractivity contribution is 5.82. The van der Waals surface area contributed by atoms with Gasteiger partial charge in [-0.3, -0.25) is 4.79 Å². The first-order valence-corrected chi connectivity index (χ1v) is 10.3. The predicted molar refractivity (Wildman–Crippen MR) is 101 cm³/mol. The minimum Gasteiger partial charge on any atom is -0.336 e. The van der Waals surface area contributed by atoms with Crippen molar-refractivity contribution in [2.24, 2.45) is 11.7 Å². The maximum absolute atomic E-state index is 12.6. The molecular formula is C20H36N4O. The van der Waals surface area contributed by atoms with E-state index in [0.717, 1.165) is 32.4 Å². The van der Waals surface area contributed by atoms with Crippen LogP contribution in [-0.4, -0.2) is 41.5 Å². The molecule has 1 saturated heterocycles. The molecule has 0 aromatic carbocycles. The van der Waals surface area contributed by atoms with Gasteiger partial charge >= 0.3 is 0 Å². The maximum Gasteiger partial charge on any atom is 0.238 e. The van der Waals surface area contributed by atoms with Gasteiger partial charge in [0.1, 0.15) is 5.54 Å². The molecule has 0 aromatic heterocycles. The summed E-state index contributed by atoms with van der Waals surface area (Å²) in [6, 6.07) is 2.49. The molecule has 0 spiro atoms. The number of nitriles is 1. The molecule has 25 heavy (non-hydrogen) atoms. The van der Waals surface area contributed by atoms with Crippen molar-refractivity contribution in [2.45, 2.75) is 95.7 Å². The second-order valence-electron chi connectivity index (χ2n) is 8.04. The van der Waals surface area contributed by atoms with E-state index in [4.69, 9.17) is 5.73 Å². The van der Waals surface area contributed by atoms with Crippen LogP contribution in [0, 0.1) is 17.2 Å². The zero-order chi connectivity index (χ0) is 18.3. The molecule has 1 heterocycles. The van der Waals surface area contributed by atoms with Crippen LogP contribution < -0.4 is 11.1 Å². The molecule has 5 nitrogen and oxygen atoms in total. The molecule has 2 fully saturated rings. The monoisotopic (exact) mass is 348 g/mol. The van der Waals surface area contributed by atoms with Crippen LogP contribution in [-0.2, 0) is 4.79 Å². The average molecular weight is 349 g/mol. The minimum atomic E-state index is -0.732. The lowest BCUT2D eigenvalue weighted by Crippen LogP contribution is -2.58. The van der Waals surface area contributed by atoms with Crippen LogP contribution in [0.3, 0.4) is 0 Å². The van der Waals surface area contributed by atoms with Gasteiger partial charge in [-0.25, -0.2) is 0 Å². The number of amides is 1. The van der Waals surface area contributed by atoms with Crippen molar-refractivity contribution in [1.29, 1.82) is 5.26 Å². The lowest BCUT2D eigenvalue weighted by Gasteiger charge is -2.41. The van der Waals surface area contributed by atoms with Crippen molar-refractivity contribution in [3.8, 4) is 6.07 Å². The summed E-state index contributed by atoms with van der Waals surface area (Å²) < 4.78 is 0. The second kappa shape index (κ2) is 9.54. The zero-order valence-corrected chi connectivity index (χ0v) is 16.1. The number of rotatable bonds is 7. The Morgan fingerprint density at radius 3 is 2.36 bits per heavy atom. The number of nitrogens with zero attached hydrogens (tertiary/aromatic N) is 2. The van der Waals surface area contributed by atoms with Crippen LogP contribution in [0.1, 0.15) is 78.1 Å². The van der Waals surface area contributed by atoms with E-state index in [-0.39, 0.29) is 5.91 Å². The summed E-state index contributed by atoms with van der Waals surface area (Å²) in [6.45, 7) is 6.18. The first kappa shape index (κ1) is 20.2. The van der Waals surface area contributed by atoms with Gasteiger partial charge in [0.15, 0.2) is 0 Å². The van der Waals surface area contributed by atoms with Gasteiger partial charge in [-0.2, -0.15) is 5.26 Å². The molecule has 0 aromatic rings. The van der Waals surface area contributed by atoms with Crippen molar-refractivity contribution < 1.29 is 4.79 Å². The number of hydrogen-bond donors (Lipinski definition) is 2. The summed E-state index contributed by atoms with van der Waals surface area (Å²) in [5.41, 5.74) is 5.43. The molecule has 1 unspecified atom stereocenters. The van der Waals surface area contributed by atoms with Crippen LogP contribution in [0.15, 0.2) is 0 Å². The van der Waals surface area contributed by atoms with Crippen molar-refractivity contribution in [1.82, 2.24) is 10.2 Å². The molecule has 0 bridgehead atoms. The SMILES string of the molecule is CCC(CC)N1CCC(C#N)(NC(=O)C(N)CC2CCCCC2)CC1. The summed E-state index contributed by atoms with van der Waals surface area (Å²) in [7, 11) is 0. The fraction of sp³-hybridized carbons (Fsp3) is 0.900.